The van der Waals surface area contributed by atoms with Crippen LogP contribution in [0.4, 0.5) is 5.69 Å². The molecular weight excluding hydrogens is 336 g/mol. The van der Waals surface area contributed by atoms with E-state index in [9.17, 15) is 4.79 Å². The Morgan fingerprint density at radius 3 is 2.44 bits per heavy atom. The first-order chi connectivity index (χ1) is 11.8. The number of hydrogen-bond acceptors (Lipinski definition) is 3. The predicted octanol–water partition coefficient (Wildman–Crippen LogP) is 4.34. The van der Waals surface area contributed by atoms with Crippen molar-refractivity contribution in [3.05, 3.63) is 57.6 Å². The number of nitrogens with one attached hydrogen (secondary N) is 1. The highest BCUT2D eigenvalue weighted by atomic mass is 35.5. The number of carbonyl (C=O) groups excluding carboxylic acids is 1. The van der Waals surface area contributed by atoms with Gasteiger partial charge in [-0.2, -0.15) is 0 Å². The van der Waals surface area contributed by atoms with Gasteiger partial charge in [0.15, 0.2) is 0 Å². The highest BCUT2D eigenvalue weighted by Gasteiger charge is 2.11. The molecule has 0 radical (unpaired) electrons. The molecule has 0 saturated heterocycles. The lowest BCUT2D eigenvalue weighted by atomic mass is 10.1. The van der Waals surface area contributed by atoms with E-state index in [2.05, 4.69) is 17.4 Å². The summed E-state index contributed by atoms with van der Waals surface area (Å²) in [6.07, 6.45) is 0. The average Bonchev–Trinajstić information content (AvgIpc) is 2.51. The average molecular weight is 361 g/mol. The number of carbonyl (C=O) groups is 1. The van der Waals surface area contributed by atoms with Crippen molar-refractivity contribution in [1.29, 1.82) is 0 Å². The summed E-state index contributed by atoms with van der Waals surface area (Å²) < 4.78 is 5.40. The number of ether oxygens (including phenoxy) is 1. The molecule has 0 fully saturated rings. The van der Waals surface area contributed by atoms with E-state index >= 15 is 0 Å². The molecule has 0 aliphatic carbocycles. The van der Waals surface area contributed by atoms with Crippen LogP contribution in [0.1, 0.15) is 22.3 Å². The number of methoxy groups -OCH3 is 1. The van der Waals surface area contributed by atoms with E-state index in [-0.39, 0.29) is 5.91 Å². The molecular formula is C20H25ClN2O2. The van der Waals surface area contributed by atoms with Crippen molar-refractivity contribution in [2.24, 2.45) is 0 Å². The number of nitrogens with zero attached hydrogens (tertiary/aromatic N) is 1. The molecule has 2 rings (SSSR count). The number of halogens is 1. The number of aryl methyl sites for hydroxylation is 2. The van der Waals surface area contributed by atoms with Gasteiger partial charge in [-0.25, -0.2) is 0 Å². The molecule has 0 bridgehead atoms. The summed E-state index contributed by atoms with van der Waals surface area (Å²) in [4.78, 5) is 14.3. The topological polar surface area (TPSA) is 41.6 Å². The Kier molecular flexibility index (Phi) is 6.45. The second-order valence-electron chi connectivity index (χ2n) is 6.40. The fourth-order valence-electron chi connectivity index (χ4n) is 3.00. The molecule has 1 N–H and O–H groups in total. The zero-order chi connectivity index (χ0) is 18.6. The predicted molar refractivity (Wildman–Crippen MR) is 104 cm³/mol. The first kappa shape index (κ1) is 19.3. The van der Waals surface area contributed by atoms with Crippen molar-refractivity contribution in [1.82, 2.24) is 4.90 Å². The Morgan fingerprint density at radius 2 is 1.84 bits per heavy atom. The molecule has 0 aliphatic rings. The third kappa shape index (κ3) is 4.97. The minimum atomic E-state index is -0.0603. The van der Waals surface area contributed by atoms with Crippen LogP contribution in [-0.4, -0.2) is 31.5 Å². The lowest BCUT2D eigenvalue weighted by Gasteiger charge is -2.19. The van der Waals surface area contributed by atoms with E-state index in [1.807, 2.05) is 50.9 Å². The second kappa shape index (κ2) is 8.37. The molecule has 0 atom stereocenters. The zero-order valence-electron chi connectivity index (χ0n) is 15.4. The first-order valence-electron chi connectivity index (χ1n) is 8.19. The van der Waals surface area contributed by atoms with Gasteiger partial charge in [-0.05, 0) is 62.2 Å². The maximum absolute atomic E-state index is 12.3. The van der Waals surface area contributed by atoms with Crippen LogP contribution in [0.5, 0.6) is 5.75 Å². The summed E-state index contributed by atoms with van der Waals surface area (Å²) in [6.45, 7) is 6.95. The van der Waals surface area contributed by atoms with Crippen molar-refractivity contribution < 1.29 is 9.53 Å². The largest absolute Gasteiger partial charge is 0.496 e. The van der Waals surface area contributed by atoms with Gasteiger partial charge >= 0.3 is 0 Å². The number of rotatable bonds is 6. The number of anilines is 1. The summed E-state index contributed by atoms with van der Waals surface area (Å²) in [5.41, 5.74) is 4.99. The second-order valence-corrected chi connectivity index (χ2v) is 6.80. The molecule has 0 heterocycles. The van der Waals surface area contributed by atoms with Gasteiger partial charge in [0.2, 0.25) is 5.91 Å². The zero-order valence-corrected chi connectivity index (χ0v) is 16.2. The maximum Gasteiger partial charge on any atom is 0.238 e. The smallest absolute Gasteiger partial charge is 0.238 e. The van der Waals surface area contributed by atoms with Crippen LogP contribution in [0, 0.1) is 20.8 Å². The van der Waals surface area contributed by atoms with Gasteiger partial charge in [0.25, 0.3) is 0 Å². The Bertz CT molecular complexity index is 751. The third-order valence-corrected chi connectivity index (χ3v) is 4.54. The van der Waals surface area contributed by atoms with Crippen LogP contribution < -0.4 is 10.1 Å². The van der Waals surface area contributed by atoms with Crippen LogP contribution in [0.15, 0.2) is 30.3 Å². The van der Waals surface area contributed by atoms with Gasteiger partial charge in [-0.3, -0.25) is 9.69 Å². The number of likely N-dealkylation sites (N-methyl/N-ethyl adjacent to an activating group) is 1. The molecule has 0 saturated carbocycles. The highest BCUT2D eigenvalue weighted by molar-refractivity contribution is 6.31. The van der Waals surface area contributed by atoms with Gasteiger partial charge in [0, 0.05) is 17.3 Å². The molecule has 5 heteroatoms. The van der Waals surface area contributed by atoms with E-state index in [1.54, 1.807) is 7.11 Å². The Labute approximate surface area is 154 Å². The Hall–Kier alpha value is -2.04. The highest BCUT2D eigenvalue weighted by Crippen LogP contribution is 2.25. The van der Waals surface area contributed by atoms with Crippen LogP contribution in [0.25, 0.3) is 0 Å². The fraction of sp³-hybridized carbons (Fsp3) is 0.350. The van der Waals surface area contributed by atoms with Gasteiger partial charge in [0.05, 0.1) is 13.7 Å². The lowest BCUT2D eigenvalue weighted by Crippen LogP contribution is -2.30. The molecule has 2 aromatic rings. The summed E-state index contributed by atoms with van der Waals surface area (Å²) in [5, 5.41) is 3.57. The molecule has 134 valence electrons. The van der Waals surface area contributed by atoms with Gasteiger partial charge in [0.1, 0.15) is 5.75 Å². The molecule has 0 spiro atoms. The Morgan fingerprint density at radius 1 is 1.20 bits per heavy atom. The molecule has 25 heavy (non-hydrogen) atoms. The van der Waals surface area contributed by atoms with Crippen LogP contribution in [-0.2, 0) is 11.3 Å². The van der Waals surface area contributed by atoms with Crippen molar-refractivity contribution in [2.45, 2.75) is 27.3 Å². The monoisotopic (exact) mass is 360 g/mol. The number of amides is 1. The minimum absolute atomic E-state index is 0.0603. The van der Waals surface area contributed by atoms with Crippen molar-refractivity contribution in [3.8, 4) is 5.75 Å². The normalized spacial score (nSPS) is 10.8. The maximum atomic E-state index is 12.3. The SMILES string of the molecule is COc1c(C)cc(CN(C)CC(=O)Nc2cccc(Cl)c2C)cc1C. The third-order valence-electron chi connectivity index (χ3n) is 4.13. The molecule has 0 unspecified atom stereocenters. The summed E-state index contributed by atoms with van der Waals surface area (Å²) in [6, 6.07) is 9.70. The van der Waals surface area contributed by atoms with E-state index in [1.165, 1.54) is 0 Å². The van der Waals surface area contributed by atoms with Gasteiger partial charge in [-0.1, -0.05) is 29.8 Å². The number of benzene rings is 2. The molecule has 4 nitrogen and oxygen atoms in total. The summed E-state index contributed by atoms with van der Waals surface area (Å²) in [5.74, 6) is 0.857. The molecule has 1 amide bonds. The van der Waals surface area contributed by atoms with Crippen molar-refractivity contribution in [2.75, 3.05) is 26.0 Å². The van der Waals surface area contributed by atoms with E-state index in [0.717, 1.165) is 33.7 Å². The van der Waals surface area contributed by atoms with Crippen LogP contribution >= 0.6 is 11.6 Å². The standard InChI is InChI=1S/C20H25ClN2O2/c1-13-9-16(10-14(2)20(13)25-5)11-23(4)12-19(24)22-18-8-6-7-17(21)15(18)3/h6-10H,11-12H2,1-5H3,(H,22,24). The van der Waals surface area contributed by atoms with Crippen molar-refractivity contribution >= 4 is 23.2 Å². The molecule has 0 aliphatic heterocycles. The van der Waals surface area contributed by atoms with Gasteiger partial charge in [-0.15, -0.1) is 0 Å². The molecule has 0 aromatic heterocycles. The summed E-state index contributed by atoms with van der Waals surface area (Å²) in [7, 11) is 3.61. The summed E-state index contributed by atoms with van der Waals surface area (Å²) >= 11 is 6.09. The first-order valence-corrected chi connectivity index (χ1v) is 8.57. The van der Waals surface area contributed by atoms with E-state index in [0.29, 0.717) is 18.1 Å². The van der Waals surface area contributed by atoms with Crippen LogP contribution in [0.2, 0.25) is 5.02 Å². The number of hydrogen-bond donors (Lipinski definition) is 1. The van der Waals surface area contributed by atoms with Crippen LogP contribution in [0.3, 0.4) is 0 Å². The van der Waals surface area contributed by atoms with E-state index in [4.69, 9.17) is 16.3 Å². The van der Waals surface area contributed by atoms with Gasteiger partial charge < -0.3 is 10.1 Å². The lowest BCUT2D eigenvalue weighted by molar-refractivity contribution is -0.117. The fourth-order valence-corrected chi connectivity index (χ4v) is 3.17. The van der Waals surface area contributed by atoms with E-state index < -0.39 is 0 Å². The quantitative estimate of drug-likeness (QED) is 0.832. The Balaban J connectivity index is 1.99. The minimum Gasteiger partial charge on any atom is -0.496 e. The van der Waals surface area contributed by atoms with Crippen molar-refractivity contribution in [3.63, 3.8) is 0 Å². The molecule has 2 aromatic carbocycles.